The van der Waals surface area contributed by atoms with Gasteiger partial charge in [0.15, 0.2) is 0 Å². The van der Waals surface area contributed by atoms with Gasteiger partial charge < -0.3 is 9.67 Å². The number of nitrogens with zero attached hydrogens (tertiary/aromatic N) is 1. The van der Waals surface area contributed by atoms with Gasteiger partial charge in [0.05, 0.1) is 11.4 Å². The van der Waals surface area contributed by atoms with E-state index >= 15 is 0 Å². The van der Waals surface area contributed by atoms with E-state index in [1.54, 1.807) is 19.1 Å². The Hall–Kier alpha value is -1.84. The molecule has 1 aromatic heterocycles. The number of carboxylic acids is 1. The van der Waals surface area contributed by atoms with Gasteiger partial charge in [-0.25, -0.2) is 4.39 Å². The molecule has 1 unspecified atom stereocenters. The van der Waals surface area contributed by atoms with Crippen LogP contribution >= 0.6 is 0 Å². The average molecular weight is 263 g/mol. The molecule has 0 aliphatic rings. The second-order valence-electron chi connectivity index (χ2n) is 5.22. The highest BCUT2D eigenvalue weighted by molar-refractivity contribution is 5.82. The number of aromatic nitrogens is 1. The van der Waals surface area contributed by atoms with Crippen LogP contribution in [-0.2, 0) is 11.2 Å². The first-order chi connectivity index (χ1) is 8.91. The maximum absolute atomic E-state index is 13.8. The first-order valence-electron chi connectivity index (χ1n) is 6.43. The van der Waals surface area contributed by atoms with Crippen LogP contribution in [0.2, 0.25) is 0 Å². The summed E-state index contributed by atoms with van der Waals surface area (Å²) in [6.45, 7) is 5.69. The number of halogens is 1. The van der Waals surface area contributed by atoms with Crippen molar-refractivity contribution in [1.82, 2.24) is 4.57 Å². The quantitative estimate of drug-likeness (QED) is 0.915. The van der Waals surface area contributed by atoms with E-state index in [-0.39, 0.29) is 11.9 Å². The van der Waals surface area contributed by atoms with E-state index in [1.165, 1.54) is 6.07 Å². The molecule has 1 aromatic carbocycles. The third-order valence-corrected chi connectivity index (χ3v) is 3.36. The monoisotopic (exact) mass is 263 g/mol. The zero-order valence-electron chi connectivity index (χ0n) is 11.4. The van der Waals surface area contributed by atoms with Crippen molar-refractivity contribution in [2.75, 3.05) is 0 Å². The largest absolute Gasteiger partial charge is 0.481 e. The third-order valence-electron chi connectivity index (χ3n) is 3.36. The van der Waals surface area contributed by atoms with Crippen LogP contribution in [0, 0.1) is 11.7 Å². The number of benzene rings is 1. The van der Waals surface area contributed by atoms with Crippen LogP contribution in [0.4, 0.5) is 4.39 Å². The minimum absolute atomic E-state index is 0.162. The Bertz CT molecular complexity index is 616. The molecular weight excluding hydrogens is 245 g/mol. The minimum Gasteiger partial charge on any atom is -0.481 e. The van der Waals surface area contributed by atoms with Gasteiger partial charge in [0.1, 0.15) is 5.82 Å². The highest BCUT2D eigenvalue weighted by Crippen LogP contribution is 2.27. The highest BCUT2D eigenvalue weighted by atomic mass is 19.1. The van der Waals surface area contributed by atoms with Gasteiger partial charge in [0.25, 0.3) is 0 Å². The lowest BCUT2D eigenvalue weighted by Gasteiger charge is -2.16. The predicted octanol–water partition coefficient (Wildman–Crippen LogP) is 3.62. The summed E-state index contributed by atoms with van der Waals surface area (Å²) >= 11 is 0. The summed E-state index contributed by atoms with van der Waals surface area (Å²) < 4.78 is 15.8. The molecule has 19 heavy (non-hydrogen) atoms. The molecule has 1 N–H and O–H groups in total. The molecular formula is C15H18FNO2. The molecule has 4 heteroatoms. The molecule has 0 amide bonds. The standard InChI is InChI=1S/C15H18FNO2/c1-9(2)17-11(7-10(3)15(18)19)8-12-13(16)5-4-6-14(12)17/h4-6,8-10H,7H2,1-3H3,(H,18,19). The molecule has 0 aliphatic carbocycles. The second kappa shape index (κ2) is 5.03. The number of carboxylic acid groups (broad SMARTS) is 1. The smallest absolute Gasteiger partial charge is 0.306 e. The van der Waals surface area contributed by atoms with E-state index < -0.39 is 11.9 Å². The Kier molecular flexibility index (Phi) is 3.60. The lowest BCUT2D eigenvalue weighted by Crippen LogP contribution is -2.15. The molecule has 1 atom stereocenters. The van der Waals surface area contributed by atoms with Gasteiger partial charge in [-0.15, -0.1) is 0 Å². The Labute approximate surface area is 111 Å². The van der Waals surface area contributed by atoms with Crippen LogP contribution in [-0.4, -0.2) is 15.6 Å². The number of carbonyl (C=O) groups is 1. The van der Waals surface area contributed by atoms with E-state index in [0.717, 1.165) is 11.2 Å². The number of fused-ring (bicyclic) bond motifs is 1. The molecule has 1 heterocycles. The molecule has 0 aliphatic heterocycles. The topological polar surface area (TPSA) is 42.2 Å². The van der Waals surface area contributed by atoms with Gasteiger partial charge >= 0.3 is 5.97 Å². The molecule has 2 aromatic rings. The lowest BCUT2D eigenvalue weighted by atomic mass is 10.1. The molecule has 0 spiro atoms. The van der Waals surface area contributed by atoms with Crippen molar-refractivity contribution in [2.45, 2.75) is 33.2 Å². The molecule has 3 nitrogen and oxygen atoms in total. The van der Waals surface area contributed by atoms with Crippen molar-refractivity contribution < 1.29 is 14.3 Å². The second-order valence-corrected chi connectivity index (χ2v) is 5.22. The van der Waals surface area contributed by atoms with Gasteiger partial charge in [0, 0.05) is 23.5 Å². The Morgan fingerprint density at radius 3 is 2.63 bits per heavy atom. The number of hydrogen-bond donors (Lipinski definition) is 1. The molecule has 0 radical (unpaired) electrons. The zero-order valence-corrected chi connectivity index (χ0v) is 11.4. The van der Waals surface area contributed by atoms with Crippen LogP contribution in [0.15, 0.2) is 24.3 Å². The minimum atomic E-state index is -0.832. The third kappa shape index (κ3) is 2.48. The maximum Gasteiger partial charge on any atom is 0.306 e. The fourth-order valence-electron chi connectivity index (χ4n) is 2.44. The van der Waals surface area contributed by atoms with Crippen molar-refractivity contribution in [2.24, 2.45) is 5.92 Å². The van der Waals surface area contributed by atoms with Gasteiger partial charge in [-0.2, -0.15) is 0 Å². The fraction of sp³-hybridized carbons (Fsp3) is 0.400. The van der Waals surface area contributed by atoms with Crippen molar-refractivity contribution in [3.63, 3.8) is 0 Å². The van der Waals surface area contributed by atoms with Crippen molar-refractivity contribution >= 4 is 16.9 Å². The van der Waals surface area contributed by atoms with E-state index in [1.807, 2.05) is 24.5 Å². The summed E-state index contributed by atoms with van der Waals surface area (Å²) in [6.07, 6.45) is 0.404. The van der Waals surface area contributed by atoms with Gasteiger partial charge in [-0.1, -0.05) is 13.0 Å². The lowest BCUT2D eigenvalue weighted by molar-refractivity contribution is -0.141. The Morgan fingerprint density at radius 2 is 2.05 bits per heavy atom. The number of hydrogen-bond acceptors (Lipinski definition) is 1. The van der Waals surface area contributed by atoms with Crippen LogP contribution in [0.25, 0.3) is 10.9 Å². The normalized spacial score (nSPS) is 13.1. The van der Waals surface area contributed by atoms with Crippen molar-refractivity contribution in [3.05, 3.63) is 35.8 Å². The van der Waals surface area contributed by atoms with Crippen LogP contribution in [0.5, 0.6) is 0 Å². The molecule has 102 valence electrons. The summed E-state index contributed by atoms with van der Waals surface area (Å²) in [6, 6.07) is 6.91. The summed E-state index contributed by atoms with van der Waals surface area (Å²) in [7, 11) is 0. The molecule has 0 saturated carbocycles. The fourth-order valence-corrected chi connectivity index (χ4v) is 2.44. The Morgan fingerprint density at radius 1 is 1.37 bits per heavy atom. The Balaban J connectivity index is 2.57. The summed E-state index contributed by atoms with van der Waals surface area (Å²) in [5.41, 5.74) is 1.69. The first kappa shape index (κ1) is 13.6. The summed E-state index contributed by atoms with van der Waals surface area (Å²) in [5.74, 6) is -1.58. The van der Waals surface area contributed by atoms with E-state index in [2.05, 4.69) is 0 Å². The average Bonchev–Trinajstić information content (AvgIpc) is 2.68. The molecule has 2 rings (SSSR count). The van der Waals surface area contributed by atoms with Crippen LogP contribution in [0.3, 0.4) is 0 Å². The van der Waals surface area contributed by atoms with E-state index in [9.17, 15) is 9.18 Å². The van der Waals surface area contributed by atoms with Crippen molar-refractivity contribution in [1.29, 1.82) is 0 Å². The zero-order chi connectivity index (χ0) is 14.2. The molecule has 0 fully saturated rings. The van der Waals surface area contributed by atoms with E-state index in [4.69, 9.17) is 5.11 Å². The first-order valence-corrected chi connectivity index (χ1v) is 6.43. The predicted molar refractivity (Wildman–Crippen MR) is 72.8 cm³/mol. The van der Waals surface area contributed by atoms with Crippen LogP contribution in [0.1, 0.15) is 32.5 Å². The molecule has 0 saturated heterocycles. The van der Waals surface area contributed by atoms with Crippen molar-refractivity contribution in [3.8, 4) is 0 Å². The number of rotatable bonds is 4. The SMILES string of the molecule is CC(Cc1cc2c(F)cccc2n1C(C)C)C(=O)O. The highest BCUT2D eigenvalue weighted by Gasteiger charge is 2.18. The molecule has 0 bridgehead atoms. The van der Waals surface area contributed by atoms with Gasteiger partial charge in [-0.05, 0) is 32.0 Å². The van der Waals surface area contributed by atoms with E-state index in [0.29, 0.717) is 11.8 Å². The summed E-state index contributed by atoms with van der Waals surface area (Å²) in [5, 5.41) is 9.58. The van der Waals surface area contributed by atoms with Gasteiger partial charge in [-0.3, -0.25) is 4.79 Å². The summed E-state index contributed by atoms with van der Waals surface area (Å²) in [4.78, 5) is 11.0. The van der Waals surface area contributed by atoms with Gasteiger partial charge in [0.2, 0.25) is 0 Å². The number of aliphatic carboxylic acids is 1. The van der Waals surface area contributed by atoms with Crippen LogP contribution < -0.4 is 0 Å². The maximum atomic E-state index is 13.8.